The van der Waals surface area contributed by atoms with Crippen LogP contribution in [0.25, 0.3) is 0 Å². The van der Waals surface area contributed by atoms with Crippen LogP contribution < -0.4 is 5.32 Å². The normalized spacial score (nSPS) is 34.6. The van der Waals surface area contributed by atoms with Crippen LogP contribution in [-0.2, 0) is 13.2 Å². The molecule has 132 valence electrons. The van der Waals surface area contributed by atoms with Gasteiger partial charge in [0.15, 0.2) is 11.4 Å². The fourth-order valence-electron chi connectivity index (χ4n) is 5.51. The smallest absolute Gasteiger partial charge is 0.345 e. The monoisotopic (exact) mass is 361 g/mol. The lowest BCUT2D eigenvalue weighted by Crippen LogP contribution is -2.59. The molecule has 4 fully saturated rings. The van der Waals surface area contributed by atoms with E-state index in [9.17, 15) is 18.0 Å². The van der Waals surface area contributed by atoms with Crippen molar-refractivity contribution < 1.29 is 18.0 Å². The molecule has 0 saturated heterocycles. The predicted molar refractivity (Wildman–Crippen MR) is 81.6 cm³/mol. The molecule has 4 aliphatic rings. The largest absolute Gasteiger partial charge is 0.434 e. The zero-order valence-electron chi connectivity index (χ0n) is 13.3. The highest BCUT2D eigenvalue weighted by Gasteiger charge is 2.52. The zero-order chi connectivity index (χ0) is 17.3. The minimum Gasteiger partial charge on any atom is -0.345 e. The molecule has 1 heterocycles. The minimum absolute atomic E-state index is 0.287. The number of aryl methyl sites for hydroxylation is 1. The van der Waals surface area contributed by atoms with Crippen molar-refractivity contribution in [3.63, 3.8) is 0 Å². The van der Waals surface area contributed by atoms with Gasteiger partial charge in [-0.25, -0.2) is 0 Å². The summed E-state index contributed by atoms with van der Waals surface area (Å²) in [7, 11) is 1.15. The number of nitrogens with one attached hydrogen (secondary N) is 1. The second-order valence-electron chi connectivity index (χ2n) is 7.78. The Morgan fingerprint density at radius 3 is 2.12 bits per heavy atom. The first-order chi connectivity index (χ1) is 11.2. The summed E-state index contributed by atoms with van der Waals surface area (Å²) in [6, 6.07) is 0. The molecule has 1 aromatic rings. The van der Waals surface area contributed by atoms with Crippen molar-refractivity contribution in [1.82, 2.24) is 15.1 Å². The molecule has 4 nitrogen and oxygen atoms in total. The molecule has 4 aliphatic carbocycles. The number of rotatable bonds is 2. The van der Waals surface area contributed by atoms with Gasteiger partial charge in [0.05, 0.1) is 0 Å². The molecule has 0 spiro atoms. The standard InChI is InChI=1S/C16H19ClF3N3O/c1-23-13(16(18,19)20)11(17)12(22-23)14(24)21-15-5-8-2-9(6-15)4-10(3-8)7-15/h8-10H,2-7H2,1H3,(H,21,24). The van der Waals surface area contributed by atoms with Crippen LogP contribution in [0.2, 0.25) is 5.02 Å². The van der Waals surface area contributed by atoms with Gasteiger partial charge in [0.2, 0.25) is 0 Å². The van der Waals surface area contributed by atoms with E-state index in [1.54, 1.807) is 0 Å². The van der Waals surface area contributed by atoms with Crippen LogP contribution in [0.15, 0.2) is 0 Å². The minimum atomic E-state index is -4.64. The number of hydrogen-bond acceptors (Lipinski definition) is 2. The van der Waals surface area contributed by atoms with Crippen molar-refractivity contribution in [2.45, 2.75) is 50.2 Å². The molecule has 4 bridgehead atoms. The number of aromatic nitrogens is 2. The van der Waals surface area contributed by atoms with Crippen LogP contribution >= 0.6 is 11.6 Å². The van der Waals surface area contributed by atoms with E-state index < -0.39 is 22.8 Å². The van der Waals surface area contributed by atoms with E-state index in [2.05, 4.69) is 10.4 Å². The lowest BCUT2D eigenvalue weighted by atomic mass is 9.53. The van der Waals surface area contributed by atoms with Gasteiger partial charge in [-0.2, -0.15) is 18.3 Å². The van der Waals surface area contributed by atoms with Gasteiger partial charge in [0.25, 0.3) is 5.91 Å². The predicted octanol–water partition coefficient (Wildman–Crippen LogP) is 3.79. The summed E-state index contributed by atoms with van der Waals surface area (Å²) in [5, 5.41) is 6.12. The Morgan fingerprint density at radius 1 is 1.21 bits per heavy atom. The Morgan fingerprint density at radius 2 is 1.71 bits per heavy atom. The maximum atomic E-state index is 13.0. The molecule has 1 aromatic heterocycles. The second-order valence-corrected chi connectivity index (χ2v) is 8.16. The topological polar surface area (TPSA) is 46.9 Å². The number of carbonyl (C=O) groups is 1. The zero-order valence-corrected chi connectivity index (χ0v) is 14.0. The summed E-state index contributed by atoms with van der Waals surface area (Å²) in [5.41, 5.74) is -1.70. The van der Waals surface area contributed by atoms with Crippen molar-refractivity contribution in [3.05, 3.63) is 16.4 Å². The summed E-state index contributed by atoms with van der Waals surface area (Å²) in [4.78, 5) is 12.6. The molecule has 0 radical (unpaired) electrons. The van der Waals surface area contributed by atoms with Gasteiger partial charge in [0, 0.05) is 12.6 Å². The first kappa shape index (κ1) is 16.2. The number of alkyl halides is 3. The van der Waals surface area contributed by atoms with Gasteiger partial charge in [-0.05, 0) is 56.3 Å². The van der Waals surface area contributed by atoms with Crippen LogP contribution in [0, 0.1) is 17.8 Å². The fourth-order valence-corrected chi connectivity index (χ4v) is 5.87. The van der Waals surface area contributed by atoms with Crippen molar-refractivity contribution >= 4 is 17.5 Å². The number of hydrogen-bond donors (Lipinski definition) is 1. The molecule has 0 aliphatic heterocycles. The summed E-state index contributed by atoms with van der Waals surface area (Å²) in [5.74, 6) is 1.29. The molecule has 1 amide bonds. The lowest BCUT2D eigenvalue weighted by molar-refractivity contribution is -0.143. The van der Waals surface area contributed by atoms with Crippen LogP contribution in [0.5, 0.6) is 0 Å². The third-order valence-electron chi connectivity index (χ3n) is 5.89. The average Bonchev–Trinajstić information content (AvgIpc) is 2.71. The molecule has 8 heteroatoms. The summed E-state index contributed by atoms with van der Waals surface area (Å²) in [6.45, 7) is 0. The maximum Gasteiger partial charge on any atom is 0.434 e. The van der Waals surface area contributed by atoms with Crippen molar-refractivity contribution in [2.75, 3.05) is 0 Å². The fraction of sp³-hybridized carbons (Fsp3) is 0.750. The van der Waals surface area contributed by atoms with Gasteiger partial charge < -0.3 is 5.32 Å². The maximum absolute atomic E-state index is 13.0. The van der Waals surface area contributed by atoms with Crippen LogP contribution in [0.3, 0.4) is 0 Å². The Bertz CT molecular complexity index is 662. The van der Waals surface area contributed by atoms with E-state index in [1.807, 2.05) is 0 Å². The summed E-state index contributed by atoms with van der Waals surface area (Å²) < 4.78 is 39.7. The molecule has 0 unspecified atom stereocenters. The van der Waals surface area contributed by atoms with Crippen LogP contribution in [-0.4, -0.2) is 21.2 Å². The molecule has 24 heavy (non-hydrogen) atoms. The van der Waals surface area contributed by atoms with Gasteiger partial charge in [0.1, 0.15) is 5.02 Å². The highest BCUT2D eigenvalue weighted by Crippen LogP contribution is 2.55. The number of nitrogens with zero attached hydrogens (tertiary/aromatic N) is 2. The van der Waals surface area contributed by atoms with E-state index >= 15 is 0 Å². The van der Waals surface area contributed by atoms with E-state index in [0.717, 1.165) is 26.3 Å². The SMILES string of the molecule is Cn1nc(C(=O)NC23CC4CC(CC(C4)C2)C3)c(Cl)c1C(F)(F)F. The van der Waals surface area contributed by atoms with Crippen molar-refractivity contribution in [3.8, 4) is 0 Å². The van der Waals surface area contributed by atoms with E-state index in [4.69, 9.17) is 11.6 Å². The van der Waals surface area contributed by atoms with E-state index in [0.29, 0.717) is 22.4 Å². The van der Waals surface area contributed by atoms with Crippen LogP contribution in [0.4, 0.5) is 13.2 Å². The molecular weight excluding hydrogens is 343 g/mol. The molecule has 4 saturated carbocycles. The van der Waals surface area contributed by atoms with Crippen molar-refractivity contribution in [2.24, 2.45) is 24.8 Å². The summed E-state index contributed by atoms with van der Waals surface area (Å²) in [6.07, 6.45) is 1.77. The first-order valence-electron chi connectivity index (χ1n) is 8.29. The van der Waals surface area contributed by atoms with Gasteiger partial charge >= 0.3 is 6.18 Å². The Hall–Kier alpha value is -1.24. The van der Waals surface area contributed by atoms with E-state index in [1.165, 1.54) is 19.3 Å². The summed E-state index contributed by atoms with van der Waals surface area (Å²) >= 11 is 5.83. The third kappa shape index (κ3) is 2.52. The Balaban J connectivity index is 1.59. The van der Waals surface area contributed by atoms with Crippen molar-refractivity contribution in [1.29, 1.82) is 0 Å². The van der Waals surface area contributed by atoms with Gasteiger partial charge in [-0.1, -0.05) is 11.6 Å². The Labute approximate surface area is 142 Å². The highest BCUT2D eigenvalue weighted by atomic mass is 35.5. The van der Waals surface area contributed by atoms with Crippen LogP contribution in [0.1, 0.15) is 54.7 Å². The second kappa shape index (κ2) is 5.13. The van der Waals surface area contributed by atoms with E-state index in [-0.39, 0.29) is 11.2 Å². The molecule has 0 aromatic carbocycles. The molecule has 0 atom stereocenters. The molecule has 5 rings (SSSR count). The average molecular weight is 362 g/mol. The quantitative estimate of drug-likeness (QED) is 0.871. The number of halogens is 4. The Kier molecular flexibility index (Phi) is 3.47. The molecule has 1 N–H and O–H groups in total. The highest BCUT2D eigenvalue weighted by molar-refractivity contribution is 6.34. The lowest BCUT2D eigenvalue weighted by Gasteiger charge is -2.56. The first-order valence-corrected chi connectivity index (χ1v) is 8.67. The third-order valence-corrected chi connectivity index (χ3v) is 6.25. The van der Waals surface area contributed by atoms with Gasteiger partial charge in [-0.3, -0.25) is 9.48 Å². The number of amides is 1. The number of carbonyl (C=O) groups excluding carboxylic acids is 1. The van der Waals surface area contributed by atoms with Gasteiger partial charge in [-0.15, -0.1) is 0 Å². The molecular formula is C16H19ClF3N3O.